The van der Waals surface area contributed by atoms with Crippen LogP contribution in [0, 0.1) is 0 Å². The minimum atomic E-state index is -4.67. The van der Waals surface area contributed by atoms with Gasteiger partial charge in [0.25, 0.3) is 0 Å². The van der Waals surface area contributed by atoms with Gasteiger partial charge in [0.05, 0.1) is 24.3 Å². The van der Waals surface area contributed by atoms with E-state index in [-0.39, 0.29) is 43.3 Å². The van der Waals surface area contributed by atoms with Gasteiger partial charge in [-0.1, -0.05) is 12.1 Å². The largest absolute Gasteiger partial charge is 0.586 e. The Morgan fingerprint density at radius 1 is 1.03 bits per heavy atom. The summed E-state index contributed by atoms with van der Waals surface area (Å²) in [4.78, 5) is 0. The first kappa shape index (κ1) is 27.1. The highest BCUT2D eigenvalue weighted by molar-refractivity contribution is 7.17. The number of ether oxygens (including phenoxy) is 3. The lowest BCUT2D eigenvalue weighted by Gasteiger charge is -2.24. The van der Waals surface area contributed by atoms with Crippen molar-refractivity contribution in [2.45, 2.75) is 43.7 Å². The average Bonchev–Trinajstić information content (AvgIpc) is 3.12. The Kier molecular flexibility index (Phi) is 8.53. The van der Waals surface area contributed by atoms with Crippen LogP contribution in [0.5, 0.6) is 17.2 Å². The first-order valence-electron chi connectivity index (χ1n) is 10.5. The molecule has 0 saturated heterocycles. The number of nitrogens with two attached hydrogens (primary N) is 1. The Bertz CT molecular complexity index is 1040. The number of hydrogen-bond acceptors (Lipinski definition) is 7. The smallest absolute Gasteiger partial charge is 0.493 e. The van der Waals surface area contributed by atoms with E-state index in [1.807, 2.05) is 0 Å². The second kappa shape index (κ2) is 11.0. The van der Waals surface area contributed by atoms with E-state index in [1.54, 1.807) is 6.07 Å². The van der Waals surface area contributed by atoms with Crippen LogP contribution in [0.1, 0.15) is 29.5 Å². The van der Waals surface area contributed by atoms with E-state index in [2.05, 4.69) is 9.47 Å². The molecule has 3 N–H and O–H groups in total. The number of aliphatic hydroxyl groups is 1. The molecule has 0 amide bonds. The molecule has 35 heavy (non-hydrogen) atoms. The van der Waals surface area contributed by atoms with E-state index in [0.29, 0.717) is 24.0 Å². The summed E-state index contributed by atoms with van der Waals surface area (Å²) >= 11 is 0. The predicted octanol–water partition coefficient (Wildman–Crippen LogP) is 4.62. The van der Waals surface area contributed by atoms with Crippen molar-refractivity contribution in [2.24, 2.45) is 5.73 Å². The third-order valence-electron chi connectivity index (χ3n) is 5.33. The van der Waals surface area contributed by atoms with Crippen LogP contribution in [0.25, 0.3) is 0 Å². The van der Waals surface area contributed by atoms with Crippen LogP contribution in [-0.2, 0) is 28.1 Å². The number of halogens is 5. The summed E-state index contributed by atoms with van der Waals surface area (Å²) in [6, 6.07) is 7.93. The second-order valence-corrected chi connectivity index (χ2v) is 8.58. The molecule has 0 saturated carbocycles. The van der Waals surface area contributed by atoms with Gasteiger partial charge < -0.3 is 25.1 Å². The highest BCUT2D eigenvalue weighted by atomic mass is 31.1. The fraction of sp³-hybridized carbons (Fsp3) is 0.455. The quantitative estimate of drug-likeness (QED) is 0.238. The zero-order valence-electron chi connectivity index (χ0n) is 18.4. The number of rotatable bonds is 12. The molecule has 0 bridgehead atoms. The zero-order valence-corrected chi connectivity index (χ0v) is 19.4. The normalized spacial score (nSPS) is 16.3. The van der Waals surface area contributed by atoms with Crippen LogP contribution in [0.15, 0.2) is 36.4 Å². The lowest BCUT2D eigenvalue weighted by Crippen LogP contribution is -2.47. The monoisotopic (exact) mass is 524 g/mol. The Hall–Kier alpha value is -2.53. The van der Waals surface area contributed by atoms with Crippen molar-refractivity contribution in [3.63, 3.8) is 0 Å². The lowest BCUT2D eigenvalue weighted by atomic mass is 9.93. The maximum atomic E-state index is 13.6. The van der Waals surface area contributed by atoms with Crippen LogP contribution in [0.3, 0.4) is 0 Å². The average molecular weight is 524 g/mol. The minimum absolute atomic E-state index is 0.0449. The second-order valence-electron chi connectivity index (χ2n) is 8.12. The highest BCUT2D eigenvalue weighted by Gasteiger charge is 2.43. The van der Waals surface area contributed by atoms with Crippen LogP contribution in [0.4, 0.5) is 22.0 Å². The van der Waals surface area contributed by atoms with Crippen molar-refractivity contribution in [1.82, 2.24) is 0 Å². The van der Waals surface area contributed by atoms with Crippen LogP contribution in [-0.4, -0.2) is 36.8 Å². The van der Waals surface area contributed by atoms with E-state index in [4.69, 9.17) is 15.0 Å². The van der Waals surface area contributed by atoms with Gasteiger partial charge in [0, 0.05) is 0 Å². The van der Waals surface area contributed by atoms with E-state index in [0.717, 1.165) is 6.07 Å². The van der Waals surface area contributed by atoms with Crippen LogP contribution in [0.2, 0.25) is 0 Å². The topological polar surface area (TPSA) is 100 Å². The summed E-state index contributed by atoms with van der Waals surface area (Å²) in [7, 11) is -1.07. The van der Waals surface area contributed by atoms with Gasteiger partial charge in [0.1, 0.15) is 12.4 Å². The van der Waals surface area contributed by atoms with E-state index in [1.165, 1.54) is 24.3 Å². The van der Waals surface area contributed by atoms with Crippen molar-refractivity contribution >= 4 is 8.69 Å². The summed E-state index contributed by atoms with van der Waals surface area (Å²) in [5.41, 5.74) is 4.72. The lowest BCUT2D eigenvalue weighted by molar-refractivity contribution is -0.286. The molecule has 2 unspecified atom stereocenters. The van der Waals surface area contributed by atoms with Gasteiger partial charge in [-0.3, -0.25) is 0 Å². The summed E-state index contributed by atoms with van der Waals surface area (Å²) in [6.45, 7) is -0.738. The molecule has 2 aromatic rings. The molecule has 0 radical (unpaired) electrons. The number of aliphatic hydroxyl groups excluding tert-OH is 1. The molecule has 1 aliphatic rings. The molecular weight excluding hydrogens is 500 g/mol. The maximum Gasteiger partial charge on any atom is 0.586 e. The van der Waals surface area contributed by atoms with Gasteiger partial charge in [-0.15, -0.1) is 13.3 Å². The van der Waals surface area contributed by atoms with E-state index in [9.17, 15) is 31.6 Å². The zero-order chi connectivity index (χ0) is 25.7. The van der Waals surface area contributed by atoms with Gasteiger partial charge in [-0.25, -0.2) is 0 Å². The molecule has 2 atom stereocenters. The summed E-state index contributed by atoms with van der Waals surface area (Å²) < 4.78 is 96.4. The molecule has 0 aromatic heterocycles. The molecular formula is C22H24F5NO6P+. The molecule has 0 fully saturated rings. The first-order chi connectivity index (χ1) is 16.4. The summed E-state index contributed by atoms with van der Waals surface area (Å²) in [5.74, 6) is -0.538. The Morgan fingerprint density at radius 2 is 1.71 bits per heavy atom. The standard InChI is InChI=1S/C22H24F5NO6P/c23-21(24,25)16-10-15(7-8-20(28,12-29)13-32-35-30)3-5-17(16)31-9-1-2-14-4-6-18-19(11-14)34-22(26,27)33-18/h3-6,10-11,29,35H,1-2,7-9,12-13,28H2/q+1. The Balaban J connectivity index is 1.59. The molecule has 1 aliphatic heterocycles. The Morgan fingerprint density at radius 3 is 2.40 bits per heavy atom. The molecule has 0 spiro atoms. The van der Waals surface area contributed by atoms with Crippen LogP contribution >= 0.6 is 8.69 Å². The third kappa shape index (κ3) is 7.47. The number of alkyl halides is 5. The molecule has 0 aliphatic carbocycles. The molecule has 3 rings (SSSR count). The van der Waals surface area contributed by atoms with E-state index >= 15 is 0 Å². The summed E-state index contributed by atoms with van der Waals surface area (Å²) in [6.07, 6.45) is -7.49. The number of benzene rings is 2. The van der Waals surface area contributed by atoms with Crippen molar-refractivity contribution in [3.05, 3.63) is 53.1 Å². The van der Waals surface area contributed by atoms with Crippen LogP contribution < -0.4 is 19.9 Å². The number of hydrogen-bond donors (Lipinski definition) is 2. The summed E-state index contributed by atoms with van der Waals surface area (Å²) in [5, 5.41) is 9.44. The van der Waals surface area contributed by atoms with E-state index < -0.39 is 38.9 Å². The van der Waals surface area contributed by atoms with Crippen molar-refractivity contribution in [2.75, 3.05) is 19.8 Å². The number of fused-ring (bicyclic) bond motifs is 1. The third-order valence-corrected chi connectivity index (χ3v) is 5.59. The highest BCUT2D eigenvalue weighted by Crippen LogP contribution is 2.41. The predicted molar refractivity (Wildman–Crippen MR) is 115 cm³/mol. The van der Waals surface area contributed by atoms with Gasteiger partial charge in [-0.2, -0.15) is 13.2 Å². The van der Waals surface area contributed by atoms with Crippen molar-refractivity contribution in [3.8, 4) is 17.2 Å². The van der Waals surface area contributed by atoms with Crippen molar-refractivity contribution < 1.29 is 50.4 Å². The SMILES string of the molecule is NC(CO)(CCc1ccc(OCCCc2ccc3c(c2)OC(F)(F)O3)c(C(F)(F)F)c1)CO[PH+]=O. The molecule has 192 valence electrons. The fourth-order valence-corrected chi connectivity index (χ4v) is 3.80. The molecule has 2 aromatic carbocycles. The molecule has 1 heterocycles. The minimum Gasteiger partial charge on any atom is -0.493 e. The fourth-order valence-electron chi connectivity index (χ4n) is 3.45. The Labute approximate surface area is 199 Å². The maximum absolute atomic E-state index is 13.6. The molecule has 7 nitrogen and oxygen atoms in total. The van der Waals surface area contributed by atoms with Gasteiger partial charge >= 0.3 is 21.2 Å². The van der Waals surface area contributed by atoms with Gasteiger partial charge in [0.15, 0.2) is 11.5 Å². The first-order valence-corrected chi connectivity index (χ1v) is 11.4. The molecule has 13 heteroatoms. The van der Waals surface area contributed by atoms with Crippen molar-refractivity contribution in [1.29, 1.82) is 0 Å². The van der Waals surface area contributed by atoms with Gasteiger partial charge in [0.2, 0.25) is 0 Å². The number of aryl methyl sites for hydroxylation is 2. The van der Waals surface area contributed by atoms with Gasteiger partial charge in [-0.05, 0) is 65.6 Å².